The molecule has 3 aromatic rings. The van der Waals surface area contributed by atoms with E-state index in [4.69, 9.17) is 0 Å². The molecule has 3 heterocycles. The van der Waals surface area contributed by atoms with Crippen LogP contribution < -0.4 is 10.2 Å². The Hall–Kier alpha value is -2.21. The van der Waals surface area contributed by atoms with Gasteiger partial charge in [0.25, 0.3) is 0 Å². The van der Waals surface area contributed by atoms with Gasteiger partial charge < -0.3 is 19.7 Å². The molecule has 0 aliphatic carbocycles. The van der Waals surface area contributed by atoms with Crippen LogP contribution in [0.25, 0.3) is 0 Å². The highest BCUT2D eigenvalue weighted by molar-refractivity contribution is 14.0. The summed E-state index contributed by atoms with van der Waals surface area (Å²) in [6.07, 6.45) is 6.52. The van der Waals surface area contributed by atoms with Gasteiger partial charge in [-0.1, -0.05) is 31.2 Å². The quantitative estimate of drug-likeness (QED) is 0.288. The second-order valence-corrected chi connectivity index (χ2v) is 8.01. The maximum Gasteiger partial charge on any atom is 0.205 e. The summed E-state index contributed by atoms with van der Waals surface area (Å²) in [4.78, 5) is 17.9. The minimum absolute atomic E-state index is 0. The molecule has 1 fully saturated rings. The van der Waals surface area contributed by atoms with Crippen LogP contribution in [0.5, 0.6) is 0 Å². The highest BCUT2D eigenvalue weighted by Gasteiger charge is 2.22. The van der Waals surface area contributed by atoms with Crippen LogP contribution in [0.2, 0.25) is 0 Å². The topological polar surface area (TPSA) is 74.5 Å². The number of aromatic nitrogens is 4. The van der Waals surface area contributed by atoms with E-state index < -0.39 is 0 Å². The maximum atomic E-state index is 4.62. The third-order valence-corrected chi connectivity index (χ3v) is 6.02. The highest BCUT2D eigenvalue weighted by Crippen LogP contribution is 2.19. The Bertz CT molecular complexity index is 963. The van der Waals surface area contributed by atoms with Crippen molar-refractivity contribution in [3.8, 4) is 0 Å². The molecule has 2 aromatic heterocycles. The molecule has 1 N–H and O–H groups in total. The van der Waals surface area contributed by atoms with Crippen LogP contribution in [-0.2, 0) is 19.5 Å². The first-order valence-electron chi connectivity index (χ1n) is 10.3. The van der Waals surface area contributed by atoms with Crippen molar-refractivity contribution in [2.75, 3.05) is 38.1 Å². The van der Waals surface area contributed by atoms with Crippen LogP contribution in [0.15, 0.2) is 48.0 Å². The van der Waals surface area contributed by atoms with Gasteiger partial charge in [-0.15, -0.1) is 24.0 Å². The second kappa shape index (κ2) is 11.4. The third kappa shape index (κ3) is 6.16. The summed E-state index contributed by atoms with van der Waals surface area (Å²) in [5.74, 6) is 1.88. The fourth-order valence-corrected chi connectivity index (χ4v) is 4.37. The van der Waals surface area contributed by atoms with Crippen LogP contribution in [0.3, 0.4) is 0 Å². The van der Waals surface area contributed by atoms with Gasteiger partial charge >= 0.3 is 0 Å². The zero-order valence-electron chi connectivity index (χ0n) is 17.9. The van der Waals surface area contributed by atoms with Crippen molar-refractivity contribution in [2.45, 2.75) is 26.4 Å². The minimum Gasteiger partial charge on any atom is -0.352 e. The molecule has 1 aliphatic rings. The van der Waals surface area contributed by atoms with E-state index >= 15 is 0 Å². The first-order chi connectivity index (χ1) is 14.7. The summed E-state index contributed by atoms with van der Waals surface area (Å²) in [6, 6.07) is 8.64. The van der Waals surface area contributed by atoms with Crippen molar-refractivity contribution in [3.63, 3.8) is 0 Å². The van der Waals surface area contributed by atoms with Crippen molar-refractivity contribution in [2.24, 2.45) is 4.99 Å². The van der Waals surface area contributed by atoms with Gasteiger partial charge in [-0.25, -0.2) is 9.97 Å². The van der Waals surface area contributed by atoms with E-state index in [1.807, 2.05) is 25.8 Å². The van der Waals surface area contributed by atoms with Crippen molar-refractivity contribution in [1.82, 2.24) is 29.1 Å². The smallest absolute Gasteiger partial charge is 0.205 e. The molecule has 4 rings (SSSR count). The van der Waals surface area contributed by atoms with Crippen molar-refractivity contribution in [1.29, 1.82) is 0 Å². The summed E-state index contributed by atoms with van der Waals surface area (Å²) in [5, 5.41) is 4.55. The summed E-state index contributed by atoms with van der Waals surface area (Å²) in [5.41, 5.74) is 2.51. The molecule has 0 atom stereocenters. The zero-order valence-corrected chi connectivity index (χ0v) is 21.1. The molecule has 0 saturated carbocycles. The molecule has 0 spiro atoms. The van der Waals surface area contributed by atoms with Gasteiger partial charge in [0, 0.05) is 76.7 Å². The van der Waals surface area contributed by atoms with Crippen molar-refractivity contribution in [3.05, 3.63) is 59.9 Å². The molecule has 166 valence electrons. The molecule has 31 heavy (non-hydrogen) atoms. The van der Waals surface area contributed by atoms with E-state index in [1.54, 1.807) is 0 Å². The molecular weight excluding hydrogens is 523 g/mol. The molecule has 10 heteroatoms. The number of guanidine groups is 1. The van der Waals surface area contributed by atoms with E-state index in [1.165, 1.54) is 22.7 Å². The van der Waals surface area contributed by atoms with Crippen LogP contribution in [-0.4, -0.2) is 63.0 Å². The summed E-state index contributed by atoms with van der Waals surface area (Å²) < 4.78 is 6.48. The van der Waals surface area contributed by atoms with E-state index in [0.717, 1.165) is 62.6 Å². The number of nitrogens with zero attached hydrogens (tertiary/aromatic N) is 7. The Morgan fingerprint density at radius 1 is 1.19 bits per heavy atom. The maximum absolute atomic E-state index is 4.62. The number of aryl methyl sites for hydroxylation is 1. The minimum atomic E-state index is 0. The number of halogens is 1. The Balaban J connectivity index is 0.00000272. The number of imidazole rings is 1. The molecule has 1 aliphatic heterocycles. The predicted octanol–water partition coefficient (Wildman–Crippen LogP) is 2.86. The molecule has 1 aromatic carbocycles. The van der Waals surface area contributed by atoms with Crippen LogP contribution in [0.1, 0.15) is 23.9 Å². The van der Waals surface area contributed by atoms with Gasteiger partial charge in [0.15, 0.2) is 5.96 Å². The Kier molecular flexibility index (Phi) is 8.64. The first kappa shape index (κ1) is 23.5. The van der Waals surface area contributed by atoms with Gasteiger partial charge in [-0.05, 0) is 11.1 Å². The van der Waals surface area contributed by atoms with E-state index in [-0.39, 0.29) is 24.0 Å². The normalized spacial score (nSPS) is 14.5. The van der Waals surface area contributed by atoms with Crippen LogP contribution >= 0.6 is 35.5 Å². The number of benzene rings is 1. The third-order valence-electron chi connectivity index (χ3n) is 5.20. The molecule has 1 saturated heterocycles. The van der Waals surface area contributed by atoms with Gasteiger partial charge in [-0.3, -0.25) is 4.99 Å². The van der Waals surface area contributed by atoms with Crippen LogP contribution in [0, 0.1) is 0 Å². The summed E-state index contributed by atoms with van der Waals surface area (Å²) in [7, 11) is 1.85. The number of piperazine rings is 1. The Morgan fingerprint density at radius 3 is 2.68 bits per heavy atom. The monoisotopic (exact) mass is 552 g/mol. The van der Waals surface area contributed by atoms with Crippen molar-refractivity contribution < 1.29 is 0 Å². The number of anilines is 1. The lowest BCUT2D eigenvalue weighted by Crippen LogP contribution is -2.52. The number of hydrogen-bond acceptors (Lipinski definition) is 6. The van der Waals surface area contributed by atoms with E-state index in [2.05, 4.69) is 70.2 Å². The molecular formula is C21H29IN8S. The summed E-state index contributed by atoms with van der Waals surface area (Å²) >= 11 is 1.50. The van der Waals surface area contributed by atoms with E-state index in [0.29, 0.717) is 0 Å². The molecule has 0 unspecified atom stereocenters. The zero-order chi connectivity index (χ0) is 20.8. The first-order valence-corrected chi connectivity index (χ1v) is 11.1. The average molecular weight is 552 g/mol. The average Bonchev–Trinajstić information content (AvgIpc) is 3.47. The SMILES string of the molecule is CCc1nsc(N2CCN(C(=NC)NCc3cccc(Cn4ccnc4)c3)CC2)n1.I. The second-order valence-electron chi connectivity index (χ2n) is 7.28. The fourth-order valence-electron chi connectivity index (χ4n) is 3.57. The van der Waals surface area contributed by atoms with Crippen molar-refractivity contribution >= 4 is 46.6 Å². The standard InChI is InChI=1S/C21H28N8S.HI/c1-3-19-25-21(30-26-19)29-11-9-28(10-12-29)20(22-2)24-14-17-5-4-6-18(13-17)15-27-8-7-23-16-27;/h4-8,13,16H,3,9-12,14-15H2,1-2H3,(H,22,24);1H. The lowest BCUT2D eigenvalue weighted by Gasteiger charge is -2.36. The van der Waals surface area contributed by atoms with Gasteiger partial charge in [-0.2, -0.15) is 4.37 Å². The van der Waals surface area contributed by atoms with Gasteiger partial charge in [0.05, 0.1) is 6.33 Å². The Morgan fingerprint density at radius 2 is 2.00 bits per heavy atom. The highest BCUT2D eigenvalue weighted by atomic mass is 127. The van der Waals surface area contributed by atoms with Gasteiger partial charge in [0.2, 0.25) is 5.13 Å². The number of nitrogens with one attached hydrogen (secondary N) is 1. The molecule has 0 bridgehead atoms. The number of rotatable bonds is 6. The Labute approximate surface area is 204 Å². The largest absolute Gasteiger partial charge is 0.352 e. The lowest BCUT2D eigenvalue weighted by molar-refractivity contribution is 0.372. The number of aliphatic imine (C=N–C) groups is 1. The molecule has 0 radical (unpaired) electrons. The molecule has 0 amide bonds. The van der Waals surface area contributed by atoms with Crippen LogP contribution in [0.4, 0.5) is 5.13 Å². The molecule has 8 nitrogen and oxygen atoms in total. The van der Waals surface area contributed by atoms with Gasteiger partial charge in [0.1, 0.15) is 5.82 Å². The number of hydrogen-bond donors (Lipinski definition) is 1. The predicted molar refractivity (Wildman–Crippen MR) is 136 cm³/mol. The van der Waals surface area contributed by atoms with E-state index in [9.17, 15) is 0 Å². The summed E-state index contributed by atoms with van der Waals surface area (Å²) in [6.45, 7) is 7.37. The lowest BCUT2D eigenvalue weighted by atomic mass is 10.1. The fraction of sp³-hybridized carbons (Fsp3) is 0.429.